The zero-order valence-corrected chi connectivity index (χ0v) is 13.9. The number of ether oxygens (including phenoxy) is 2. The molecule has 2 N–H and O–H groups in total. The molecule has 132 valence electrons. The van der Waals surface area contributed by atoms with Gasteiger partial charge in [-0.15, -0.1) is 0 Å². The summed E-state index contributed by atoms with van der Waals surface area (Å²) in [6.07, 6.45) is -0.758. The van der Waals surface area contributed by atoms with Gasteiger partial charge in [0.1, 0.15) is 18.2 Å². The van der Waals surface area contributed by atoms with Gasteiger partial charge in [-0.25, -0.2) is 4.39 Å². The molecule has 2 rings (SSSR count). The fourth-order valence-corrected chi connectivity index (χ4v) is 1.98. The molecule has 0 fully saturated rings. The van der Waals surface area contributed by atoms with Crippen molar-refractivity contribution in [2.45, 2.75) is 13.0 Å². The van der Waals surface area contributed by atoms with Crippen LogP contribution >= 0.6 is 0 Å². The monoisotopic (exact) mass is 346 g/mol. The molecule has 0 aliphatic carbocycles. The SMILES string of the molecule is COCC(=O)Nc1ccc(NC(=O)C(C)Oc2ccc(F)cc2)cc1. The molecule has 0 saturated heterocycles. The third-order valence-corrected chi connectivity index (χ3v) is 3.21. The van der Waals surface area contributed by atoms with E-state index in [1.807, 2.05) is 0 Å². The number of rotatable bonds is 7. The van der Waals surface area contributed by atoms with Crippen LogP contribution in [-0.2, 0) is 14.3 Å². The van der Waals surface area contributed by atoms with Gasteiger partial charge in [0, 0.05) is 18.5 Å². The van der Waals surface area contributed by atoms with Crippen molar-refractivity contribution in [3.8, 4) is 5.75 Å². The van der Waals surface area contributed by atoms with Crippen molar-refractivity contribution in [1.29, 1.82) is 0 Å². The number of amides is 2. The second-order valence-electron chi connectivity index (χ2n) is 5.26. The second kappa shape index (κ2) is 8.79. The highest BCUT2D eigenvalue weighted by Crippen LogP contribution is 2.16. The molecule has 2 aromatic carbocycles. The van der Waals surface area contributed by atoms with Crippen LogP contribution in [0.15, 0.2) is 48.5 Å². The topological polar surface area (TPSA) is 76.7 Å². The van der Waals surface area contributed by atoms with Crippen LogP contribution in [0.3, 0.4) is 0 Å². The van der Waals surface area contributed by atoms with Crippen molar-refractivity contribution in [3.05, 3.63) is 54.3 Å². The molecule has 0 aliphatic heterocycles. The standard InChI is InChI=1S/C18H19FN2O4/c1-12(25-16-9-3-13(19)4-10-16)18(23)21-15-7-5-14(6-8-15)20-17(22)11-24-2/h3-10,12H,11H2,1-2H3,(H,20,22)(H,21,23). The van der Waals surface area contributed by atoms with Crippen LogP contribution in [0.25, 0.3) is 0 Å². The zero-order chi connectivity index (χ0) is 18.2. The van der Waals surface area contributed by atoms with Crippen LogP contribution in [0, 0.1) is 5.82 Å². The van der Waals surface area contributed by atoms with Gasteiger partial charge < -0.3 is 20.1 Å². The van der Waals surface area contributed by atoms with Crippen LogP contribution in [0.2, 0.25) is 0 Å². The predicted molar refractivity (Wildman–Crippen MR) is 92.1 cm³/mol. The first kappa shape index (κ1) is 18.4. The molecule has 0 spiro atoms. The molecule has 1 unspecified atom stereocenters. The van der Waals surface area contributed by atoms with E-state index in [1.165, 1.54) is 31.4 Å². The van der Waals surface area contributed by atoms with Gasteiger partial charge in [-0.2, -0.15) is 0 Å². The highest BCUT2D eigenvalue weighted by Gasteiger charge is 2.15. The Morgan fingerprint density at radius 1 is 1.00 bits per heavy atom. The van der Waals surface area contributed by atoms with Gasteiger partial charge in [-0.05, 0) is 55.5 Å². The Labute approximate surface area is 144 Å². The summed E-state index contributed by atoms with van der Waals surface area (Å²) in [4.78, 5) is 23.5. The third kappa shape index (κ3) is 5.89. The Balaban J connectivity index is 1.88. The number of anilines is 2. The van der Waals surface area contributed by atoms with Crippen molar-refractivity contribution in [3.63, 3.8) is 0 Å². The van der Waals surface area contributed by atoms with Crippen LogP contribution in [0.4, 0.5) is 15.8 Å². The van der Waals surface area contributed by atoms with E-state index < -0.39 is 6.10 Å². The Hall–Kier alpha value is -2.93. The van der Waals surface area contributed by atoms with E-state index in [-0.39, 0.29) is 24.2 Å². The molecule has 2 aromatic rings. The minimum atomic E-state index is -0.758. The third-order valence-electron chi connectivity index (χ3n) is 3.21. The Morgan fingerprint density at radius 3 is 2.12 bits per heavy atom. The fourth-order valence-electron chi connectivity index (χ4n) is 1.98. The number of carbonyl (C=O) groups excluding carboxylic acids is 2. The number of halogens is 1. The van der Waals surface area contributed by atoms with Gasteiger partial charge >= 0.3 is 0 Å². The number of hydrogen-bond donors (Lipinski definition) is 2. The molecule has 25 heavy (non-hydrogen) atoms. The van der Waals surface area contributed by atoms with Crippen molar-refractivity contribution in [2.75, 3.05) is 24.4 Å². The summed E-state index contributed by atoms with van der Waals surface area (Å²) >= 11 is 0. The molecule has 0 radical (unpaired) electrons. The van der Waals surface area contributed by atoms with Gasteiger partial charge in [0.2, 0.25) is 5.91 Å². The minimum Gasteiger partial charge on any atom is -0.481 e. The van der Waals surface area contributed by atoms with E-state index in [1.54, 1.807) is 31.2 Å². The minimum absolute atomic E-state index is 0.0310. The molecule has 0 bridgehead atoms. The first-order valence-corrected chi connectivity index (χ1v) is 7.60. The smallest absolute Gasteiger partial charge is 0.265 e. The highest BCUT2D eigenvalue weighted by atomic mass is 19.1. The van der Waals surface area contributed by atoms with Crippen LogP contribution in [0.5, 0.6) is 5.75 Å². The average Bonchev–Trinajstić information content (AvgIpc) is 2.59. The number of hydrogen-bond acceptors (Lipinski definition) is 4. The summed E-state index contributed by atoms with van der Waals surface area (Å²) in [5.74, 6) is -0.580. The maximum atomic E-state index is 12.9. The molecule has 0 saturated carbocycles. The Morgan fingerprint density at radius 2 is 1.56 bits per heavy atom. The summed E-state index contributed by atoms with van der Waals surface area (Å²) in [6, 6.07) is 12.1. The predicted octanol–water partition coefficient (Wildman–Crippen LogP) is 2.82. The van der Waals surface area contributed by atoms with Gasteiger partial charge in [0.15, 0.2) is 6.10 Å². The maximum absolute atomic E-state index is 12.9. The normalized spacial score (nSPS) is 11.5. The summed E-state index contributed by atoms with van der Waals surface area (Å²) in [7, 11) is 1.44. The molecule has 7 heteroatoms. The van der Waals surface area contributed by atoms with Crippen LogP contribution in [0.1, 0.15) is 6.92 Å². The van der Waals surface area contributed by atoms with Crippen molar-refractivity contribution < 1.29 is 23.5 Å². The lowest BCUT2D eigenvalue weighted by molar-refractivity contribution is -0.122. The number of nitrogens with one attached hydrogen (secondary N) is 2. The quantitative estimate of drug-likeness (QED) is 0.808. The largest absolute Gasteiger partial charge is 0.481 e. The Kier molecular flexibility index (Phi) is 6.47. The summed E-state index contributed by atoms with van der Waals surface area (Å²) < 4.78 is 23.0. The second-order valence-corrected chi connectivity index (χ2v) is 5.26. The van der Waals surface area contributed by atoms with E-state index in [0.29, 0.717) is 17.1 Å². The zero-order valence-electron chi connectivity index (χ0n) is 13.9. The van der Waals surface area contributed by atoms with E-state index >= 15 is 0 Å². The molecule has 2 amide bonds. The Bertz CT molecular complexity index is 717. The number of benzene rings is 2. The van der Waals surface area contributed by atoms with E-state index in [4.69, 9.17) is 9.47 Å². The lowest BCUT2D eigenvalue weighted by atomic mass is 10.2. The van der Waals surface area contributed by atoms with Gasteiger partial charge in [0.05, 0.1) is 0 Å². The molecular formula is C18H19FN2O4. The van der Waals surface area contributed by atoms with Crippen molar-refractivity contribution in [2.24, 2.45) is 0 Å². The summed E-state index contributed by atoms with van der Waals surface area (Å²) in [5.41, 5.74) is 1.15. The molecule has 1 atom stereocenters. The molecule has 0 heterocycles. The molecule has 0 aliphatic rings. The van der Waals surface area contributed by atoms with Gasteiger partial charge in [0.25, 0.3) is 5.91 Å². The highest BCUT2D eigenvalue weighted by molar-refractivity contribution is 5.95. The van der Waals surface area contributed by atoms with Gasteiger partial charge in [-0.1, -0.05) is 0 Å². The maximum Gasteiger partial charge on any atom is 0.265 e. The van der Waals surface area contributed by atoms with Crippen molar-refractivity contribution >= 4 is 23.2 Å². The summed E-state index contributed by atoms with van der Waals surface area (Å²) in [5, 5.41) is 5.35. The van der Waals surface area contributed by atoms with E-state index in [0.717, 1.165) is 0 Å². The summed E-state index contributed by atoms with van der Waals surface area (Å²) in [6.45, 7) is 1.56. The van der Waals surface area contributed by atoms with Crippen molar-refractivity contribution in [1.82, 2.24) is 0 Å². The fraction of sp³-hybridized carbons (Fsp3) is 0.222. The first-order chi connectivity index (χ1) is 12.0. The average molecular weight is 346 g/mol. The van der Waals surface area contributed by atoms with Gasteiger partial charge in [-0.3, -0.25) is 9.59 Å². The molecule has 0 aromatic heterocycles. The molecule has 6 nitrogen and oxygen atoms in total. The number of carbonyl (C=O) groups is 2. The first-order valence-electron chi connectivity index (χ1n) is 7.60. The lowest BCUT2D eigenvalue weighted by Gasteiger charge is -2.15. The van der Waals surface area contributed by atoms with E-state index in [9.17, 15) is 14.0 Å². The lowest BCUT2D eigenvalue weighted by Crippen LogP contribution is -2.30. The van der Waals surface area contributed by atoms with Crippen LogP contribution in [-0.4, -0.2) is 31.6 Å². The van der Waals surface area contributed by atoms with Crippen LogP contribution < -0.4 is 15.4 Å². The molecular weight excluding hydrogens is 327 g/mol. The van der Waals surface area contributed by atoms with E-state index in [2.05, 4.69) is 10.6 Å². The number of methoxy groups -OCH3 is 1.